The van der Waals surface area contributed by atoms with Crippen molar-refractivity contribution in [3.63, 3.8) is 0 Å². The molecule has 0 amide bonds. The van der Waals surface area contributed by atoms with Crippen LogP contribution in [0.3, 0.4) is 0 Å². The second kappa shape index (κ2) is 6.34. The van der Waals surface area contributed by atoms with E-state index < -0.39 is 10.0 Å². The summed E-state index contributed by atoms with van der Waals surface area (Å²) in [6.45, 7) is 7.60. The number of aryl methyl sites for hydroxylation is 5. The first-order valence-electron chi connectivity index (χ1n) is 8.50. The minimum atomic E-state index is -3.55. The van der Waals surface area contributed by atoms with Gasteiger partial charge in [-0.3, -0.25) is 0 Å². The lowest BCUT2D eigenvalue weighted by Crippen LogP contribution is -2.28. The molecule has 2 aromatic carbocycles. The highest BCUT2D eigenvalue weighted by Crippen LogP contribution is 2.27. The van der Waals surface area contributed by atoms with E-state index in [2.05, 4.69) is 16.9 Å². The van der Waals surface area contributed by atoms with Gasteiger partial charge >= 0.3 is 0 Å². The standard InChI is InChI=1S/C20H25NO2S/c1-13-10-14(2)20(15(3)11-13)24(22,23)21-16(4)18-9-8-17-6-5-7-19(17)12-18/h8-12,16,21H,5-7H2,1-4H3/t16-/m1/s1. The largest absolute Gasteiger partial charge is 0.241 e. The van der Waals surface area contributed by atoms with Crippen LogP contribution in [0.2, 0.25) is 0 Å². The molecule has 0 heterocycles. The van der Waals surface area contributed by atoms with Gasteiger partial charge in [-0.2, -0.15) is 0 Å². The van der Waals surface area contributed by atoms with Crippen molar-refractivity contribution >= 4 is 10.0 Å². The van der Waals surface area contributed by atoms with Gasteiger partial charge in [0.2, 0.25) is 10.0 Å². The van der Waals surface area contributed by atoms with E-state index in [0.29, 0.717) is 4.90 Å². The Morgan fingerprint density at radius 2 is 1.58 bits per heavy atom. The van der Waals surface area contributed by atoms with Crippen LogP contribution in [-0.4, -0.2) is 8.42 Å². The van der Waals surface area contributed by atoms with Crippen molar-refractivity contribution in [2.24, 2.45) is 0 Å². The molecule has 1 aliphatic carbocycles. The minimum absolute atomic E-state index is 0.249. The number of rotatable bonds is 4. The van der Waals surface area contributed by atoms with E-state index in [1.807, 2.05) is 45.9 Å². The van der Waals surface area contributed by atoms with Crippen LogP contribution in [0.4, 0.5) is 0 Å². The summed E-state index contributed by atoms with van der Waals surface area (Å²) in [4.78, 5) is 0.404. The van der Waals surface area contributed by atoms with Crippen molar-refractivity contribution in [1.82, 2.24) is 4.72 Å². The van der Waals surface area contributed by atoms with Crippen LogP contribution >= 0.6 is 0 Å². The highest BCUT2D eigenvalue weighted by atomic mass is 32.2. The van der Waals surface area contributed by atoms with E-state index in [1.165, 1.54) is 17.5 Å². The molecule has 128 valence electrons. The van der Waals surface area contributed by atoms with Crippen LogP contribution in [0.5, 0.6) is 0 Å². The lowest BCUT2D eigenvalue weighted by molar-refractivity contribution is 0.565. The molecule has 1 aliphatic rings. The van der Waals surface area contributed by atoms with Gasteiger partial charge in [-0.05, 0) is 74.8 Å². The molecule has 3 rings (SSSR count). The highest BCUT2D eigenvalue weighted by Gasteiger charge is 2.23. The molecule has 0 saturated carbocycles. The van der Waals surface area contributed by atoms with Crippen molar-refractivity contribution < 1.29 is 8.42 Å². The summed E-state index contributed by atoms with van der Waals surface area (Å²) in [7, 11) is -3.55. The third-order valence-corrected chi connectivity index (χ3v) is 6.67. The van der Waals surface area contributed by atoms with E-state index in [4.69, 9.17) is 0 Å². The predicted octanol–water partition coefficient (Wildman–Crippen LogP) is 4.14. The van der Waals surface area contributed by atoms with Crippen molar-refractivity contribution in [3.05, 3.63) is 63.7 Å². The average molecular weight is 343 g/mol. The number of sulfonamides is 1. The Labute approximate surface area is 145 Å². The Balaban J connectivity index is 1.89. The Hall–Kier alpha value is -1.65. The molecule has 0 aliphatic heterocycles. The van der Waals surface area contributed by atoms with Crippen LogP contribution in [0.25, 0.3) is 0 Å². The first-order valence-corrected chi connectivity index (χ1v) is 9.98. The van der Waals surface area contributed by atoms with Crippen LogP contribution in [0.1, 0.15) is 52.8 Å². The van der Waals surface area contributed by atoms with Crippen molar-refractivity contribution in [2.75, 3.05) is 0 Å². The molecule has 0 radical (unpaired) electrons. The minimum Gasteiger partial charge on any atom is -0.207 e. The molecule has 1 N–H and O–H groups in total. The highest BCUT2D eigenvalue weighted by molar-refractivity contribution is 7.89. The van der Waals surface area contributed by atoms with Gasteiger partial charge in [-0.25, -0.2) is 13.1 Å². The van der Waals surface area contributed by atoms with Gasteiger partial charge in [-0.15, -0.1) is 0 Å². The molecule has 4 heteroatoms. The third-order valence-electron chi connectivity index (χ3n) is 4.83. The fraction of sp³-hybridized carbons (Fsp3) is 0.400. The molecule has 1 atom stereocenters. The van der Waals surface area contributed by atoms with Crippen LogP contribution in [0.15, 0.2) is 35.2 Å². The summed E-state index contributed by atoms with van der Waals surface area (Å²) >= 11 is 0. The quantitative estimate of drug-likeness (QED) is 0.907. The first kappa shape index (κ1) is 17.2. The zero-order valence-electron chi connectivity index (χ0n) is 14.8. The molecule has 0 aromatic heterocycles. The lowest BCUT2D eigenvalue weighted by Gasteiger charge is -2.18. The van der Waals surface area contributed by atoms with Crippen molar-refractivity contribution in [3.8, 4) is 0 Å². The SMILES string of the molecule is Cc1cc(C)c(S(=O)(=O)N[C@H](C)c2ccc3c(c2)CCC3)c(C)c1. The van der Waals surface area contributed by atoms with Gasteiger partial charge in [0, 0.05) is 6.04 Å². The molecule has 0 saturated heterocycles. The maximum Gasteiger partial charge on any atom is 0.241 e. The molecule has 2 aromatic rings. The summed E-state index contributed by atoms with van der Waals surface area (Å²) in [6, 6.07) is 9.94. The fourth-order valence-corrected chi connectivity index (χ4v) is 5.50. The Morgan fingerprint density at radius 3 is 2.25 bits per heavy atom. The summed E-state index contributed by atoms with van der Waals surface area (Å²) in [5.74, 6) is 0. The number of nitrogens with one attached hydrogen (secondary N) is 1. The van der Waals surface area contributed by atoms with Gasteiger partial charge in [-0.1, -0.05) is 35.9 Å². The van der Waals surface area contributed by atoms with E-state index in [9.17, 15) is 8.42 Å². The second-order valence-corrected chi connectivity index (χ2v) is 8.60. The topological polar surface area (TPSA) is 46.2 Å². The molecular weight excluding hydrogens is 318 g/mol. The number of hydrogen-bond donors (Lipinski definition) is 1. The molecule has 0 spiro atoms. The summed E-state index contributed by atoms with van der Waals surface area (Å²) in [6.07, 6.45) is 3.43. The molecule has 3 nitrogen and oxygen atoms in total. The maximum absolute atomic E-state index is 12.9. The van der Waals surface area contributed by atoms with Gasteiger partial charge in [0.25, 0.3) is 0 Å². The normalized spacial score (nSPS) is 15.3. The molecule has 0 bridgehead atoms. The second-order valence-electron chi connectivity index (χ2n) is 6.95. The van der Waals surface area contributed by atoms with Crippen molar-refractivity contribution in [1.29, 1.82) is 0 Å². The summed E-state index contributed by atoms with van der Waals surface area (Å²) < 4.78 is 28.6. The third kappa shape index (κ3) is 3.26. The van der Waals surface area contributed by atoms with Crippen LogP contribution in [-0.2, 0) is 22.9 Å². The summed E-state index contributed by atoms with van der Waals surface area (Å²) in [5, 5.41) is 0. The molecule has 0 unspecified atom stereocenters. The van der Waals surface area contributed by atoms with Crippen LogP contribution < -0.4 is 4.72 Å². The smallest absolute Gasteiger partial charge is 0.207 e. The zero-order chi connectivity index (χ0) is 17.5. The van der Waals surface area contributed by atoms with E-state index in [-0.39, 0.29) is 6.04 Å². The first-order chi connectivity index (χ1) is 11.3. The molecule has 0 fully saturated rings. The van der Waals surface area contributed by atoms with Crippen molar-refractivity contribution in [2.45, 2.75) is 57.9 Å². The number of benzene rings is 2. The predicted molar refractivity (Wildman–Crippen MR) is 97.9 cm³/mol. The molecular formula is C20H25NO2S. The molecule has 24 heavy (non-hydrogen) atoms. The van der Waals surface area contributed by atoms with Gasteiger partial charge in [0.15, 0.2) is 0 Å². The Kier molecular flexibility index (Phi) is 4.54. The number of fused-ring (bicyclic) bond motifs is 1. The van der Waals surface area contributed by atoms with E-state index >= 15 is 0 Å². The Bertz CT molecular complexity index is 862. The van der Waals surface area contributed by atoms with E-state index in [1.54, 1.807) is 0 Å². The fourth-order valence-electron chi connectivity index (χ4n) is 3.81. The van der Waals surface area contributed by atoms with Gasteiger partial charge in [0.05, 0.1) is 4.90 Å². The van der Waals surface area contributed by atoms with E-state index in [0.717, 1.165) is 35.1 Å². The Morgan fingerprint density at radius 1 is 0.958 bits per heavy atom. The number of hydrogen-bond acceptors (Lipinski definition) is 2. The zero-order valence-corrected chi connectivity index (χ0v) is 15.6. The lowest BCUT2D eigenvalue weighted by atomic mass is 10.0. The van der Waals surface area contributed by atoms with Gasteiger partial charge in [0.1, 0.15) is 0 Å². The van der Waals surface area contributed by atoms with Crippen LogP contribution in [0, 0.1) is 20.8 Å². The monoisotopic (exact) mass is 343 g/mol. The van der Waals surface area contributed by atoms with Gasteiger partial charge < -0.3 is 0 Å². The average Bonchev–Trinajstić information content (AvgIpc) is 2.92. The maximum atomic E-state index is 12.9. The summed E-state index contributed by atoms with van der Waals surface area (Å²) in [5.41, 5.74) is 6.46.